The normalized spacial score (nSPS) is 22.0. The summed E-state index contributed by atoms with van der Waals surface area (Å²) in [5, 5.41) is 8.89. The van der Waals surface area contributed by atoms with Gasteiger partial charge in [-0.15, -0.1) is 11.8 Å². The first kappa shape index (κ1) is 20.2. The Balaban J connectivity index is 1.36. The molecule has 2 unspecified atom stereocenters. The van der Waals surface area contributed by atoms with Gasteiger partial charge in [-0.25, -0.2) is 0 Å². The van der Waals surface area contributed by atoms with Crippen molar-refractivity contribution in [3.63, 3.8) is 0 Å². The minimum atomic E-state index is -0.142. The number of amides is 2. The second-order valence-corrected chi connectivity index (χ2v) is 9.58. The molecule has 2 aromatic rings. The lowest BCUT2D eigenvalue weighted by Crippen LogP contribution is -2.55. The van der Waals surface area contributed by atoms with Crippen molar-refractivity contribution in [2.45, 2.75) is 50.1 Å². The highest BCUT2D eigenvalue weighted by Gasteiger charge is 2.44. The van der Waals surface area contributed by atoms with Gasteiger partial charge in [-0.05, 0) is 49.1 Å². The molecule has 2 heterocycles. The van der Waals surface area contributed by atoms with Gasteiger partial charge >= 0.3 is 0 Å². The van der Waals surface area contributed by atoms with Crippen LogP contribution in [0.2, 0.25) is 0 Å². The lowest BCUT2D eigenvalue weighted by Gasteiger charge is -2.39. The van der Waals surface area contributed by atoms with Crippen LogP contribution in [0.1, 0.15) is 43.5 Å². The van der Waals surface area contributed by atoms with Crippen molar-refractivity contribution in [1.29, 1.82) is 0 Å². The van der Waals surface area contributed by atoms with E-state index in [1.165, 1.54) is 0 Å². The number of carbonyl (C=O) groups excluding carboxylic acids is 2. The standard InChI is InChI=1S/C23H29N3O2S/c1-3-16(2)24-21(27)20-15-29-23(25-20)10-12-26(13-11-23)22(28)19-9-8-17-6-4-5-7-18(17)14-19/h4-9,14,16,20,25H,3,10-13,15H2,1-2H3,(H,24,27). The molecule has 0 aromatic heterocycles. The average molecular weight is 412 g/mol. The molecule has 2 aliphatic rings. The smallest absolute Gasteiger partial charge is 0.253 e. The molecule has 2 aliphatic heterocycles. The summed E-state index contributed by atoms with van der Waals surface area (Å²) in [5.41, 5.74) is 0.748. The number of nitrogens with zero attached hydrogens (tertiary/aromatic N) is 1. The zero-order chi connectivity index (χ0) is 20.4. The molecular formula is C23H29N3O2S. The molecule has 0 bridgehead atoms. The van der Waals surface area contributed by atoms with E-state index >= 15 is 0 Å². The predicted octanol–water partition coefficient (Wildman–Crippen LogP) is 3.39. The zero-order valence-electron chi connectivity index (χ0n) is 17.1. The van der Waals surface area contributed by atoms with E-state index in [1.807, 2.05) is 60.0 Å². The second kappa shape index (κ2) is 8.36. The zero-order valence-corrected chi connectivity index (χ0v) is 17.9. The van der Waals surface area contributed by atoms with Crippen LogP contribution in [0.15, 0.2) is 42.5 Å². The average Bonchev–Trinajstić information content (AvgIpc) is 3.17. The topological polar surface area (TPSA) is 61.4 Å². The highest BCUT2D eigenvalue weighted by molar-refractivity contribution is 8.01. The maximum atomic E-state index is 13.0. The van der Waals surface area contributed by atoms with Gasteiger partial charge in [0.15, 0.2) is 0 Å². The third-order valence-electron chi connectivity index (χ3n) is 6.14. The molecule has 2 N–H and O–H groups in total. The van der Waals surface area contributed by atoms with Crippen molar-refractivity contribution in [2.24, 2.45) is 0 Å². The molecule has 154 valence electrons. The van der Waals surface area contributed by atoms with Crippen molar-refractivity contribution in [1.82, 2.24) is 15.5 Å². The molecular weight excluding hydrogens is 382 g/mol. The van der Waals surface area contributed by atoms with E-state index in [1.54, 1.807) is 0 Å². The number of hydrogen-bond donors (Lipinski definition) is 2. The maximum absolute atomic E-state index is 13.0. The molecule has 2 saturated heterocycles. The maximum Gasteiger partial charge on any atom is 0.253 e. The first-order valence-corrected chi connectivity index (χ1v) is 11.5. The van der Waals surface area contributed by atoms with Crippen molar-refractivity contribution in [3.8, 4) is 0 Å². The molecule has 5 nitrogen and oxygen atoms in total. The lowest BCUT2D eigenvalue weighted by molar-refractivity contribution is -0.123. The molecule has 2 amide bonds. The summed E-state index contributed by atoms with van der Waals surface area (Å²) in [6.07, 6.45) is 2.66. The Hall–Kier alpha value is -2.05. The number of rotatable bonds is 4. The van der Waals surface area contributed by atoms with Gasteiger partial charge in [0.1, 0.15) is 0 Å². The Bertz CT molecular complexity index is 908. The van der Waals surface area contributed by atoms with Crippen LogP contribution >= 0.6 is 11.8 Å². The molecule has 0 saturated carbocycles. The summed E-state index contributed by atoms with van der Waals surface area (Å²) in [6, 6.07) is 14.1. The highest BCUT2D eigenvalue weighted by Crippen LogP contribution is 2.39. The van der Waals surface area contributed by atoms with E-state index in [0.717, 1.165) is 41.4 Å². The number of piperidine rings is 1. The highest BCUT2D eigenvalue weighted by atomic mass is 32.2. The minimum absolute atomic E-state index is 0.0857. The number of hydrogen-bond acceptors (Lipinski definition) is 4. The number of fused-ring (bicyclic) bond motifs is 1. The number of likely N-dealkylation sites (tertiary alicyclic amines) is 1. The van der Waals surface area contributed by atoms with Crippen LogP contribution in [0.3, 0.4) is 0 Å². The van der Waals surface area contributed by atoms with Gasteiger partial charge in [-0.2, -0.15) is 0 Å². The molecule has 2 fully saturated rings. The van der Waals surface area contributed by atoms with Gasteiger partial charge in [0, 0.05) is 30.4 Å². The largest absolute Gasteiger partial charge is 0.352 e. The lowest BCUT2D eigenvalue weighted by atomic mass is 10.0. The summed E-state index contributed by atoms with van der Waals surface area (Å²) in [4.78, 5) is 27.3. The van der Waals surface area contributed by atoms with Crippen molar-refractivity contribution < 1.29 is 9.59 Å². The molecule has 4 rings (SSSR count). The Morgan fingerprint density at radius 2 is 1.93 bits per heavy atom. The van der Waals surface area contributed by atoms with Gasteiger partial charge in [0.2, 0.25) is 5.91 Å². The van der Waals surface area contributed by atoms with Crippen LogP contribution < -0.4 is 10.6 Å². The predicted molar refractivity (Wildman–Crippen MR) is 119 cm³/mol. The van der Waals surface area contributed by atoms with E-state index in [2.05, 4.69) is 23.6 Å². The summed E-state index contributed by atoms with van der Waals surface area (Å²) in [7, 11) is 0. The molecule has 0 radical (unpaired) electrons. The quantitative estimate of drug-likeness (QED) is 0.810. The molecule has 1 spiro atoms. The Morgan fingerprint density at radius 3 is 2.66 bits per heavy atom. The van der Waals surface area contributed by atoms with Crippen LogP contribution in [0.5, 0.6) is 0 Å². The van der Waals surface area contributed by atoms with Crippen LogP contribution in [0.4, 0.5) is 0 Å². The monoisotopic (exact) mass is 411 g/mol. The SMILES string of the molecule is CCC(C)NC(=O)C1CSC2(CCN(C(=O)c3ccc4ccccc4c3)CC2)N1. The Kier molecular flexibility index (Phi) is 5.83. The molecule has 2 atom stereocenters. The van der Waals surface area contributed by atoms with Crippen molar-refractivity contribution >= 4 is 34.3 Å². The number of thioether (sulfide) groups is 1. The van der Waals surface area contributed by atoms with E-state index in [4.69, 9.17) is 0 Å². The van der Waals surface area contributed by atoms with E-state index in [0.29, 0.717) is 13.1 Å². The first-order chi connectivity index (χ1) is 14.0. The number of carbonyl (C=O) groups is 2. The molecule has 0 aliphatic carbocycles. The van der Waals surface area contributed by atoms with Gasteiger partial charge in [0.05, 0.1) is 10.9 Å². The Labute approximate surface area is 176 Å². The van der Waals surface area contributed by atoms with Gasteiger partial charge in [-0.1, -0.05) is 37.3 Å². The fourth-order valence-corrected chi connectivity index (χ4v) is 5.51. The van der Waals surface area contributed by atoms with Gasteiger partial charge in [0.25, 0.3) is 5.91 Å². The summed E-state index contributed by atoms with van der Waals surface area (Å²) >= 11 is 1.84. The third kappa shape index (κ3) is 4.28. The summed E-state index contributed by atoms with van der Waals surface area (Å²) in [5.74, 6) is 0.985. The van der Waals surface area contributed by atoms with Crippen LogP contribution in [-0.4, -0.2) is 52.5 Å². The van der Waals surface area contributed by atoms with Crippen LogP contribution in [-0.2, 0) is 4.79 Å². The van der Waals surface area contributed by atoms with E-state index in [-0.39, 0.29) is 28.8 Å². The fourth-order valence-electron chi connectivity index (χ4n) is 4.10. The van der Waals surface area contributed by atoms with Crippen LogP contribution in [0, 0.1) is 0 Å². The van der Waals surface area contributed by atoms with E-state index < -0.39 is 0 Å². The van der Waals surface area contributed by atoms with E-state index in [9.17, 15) is 9.59 Å². The number of benzene rings is 2. The second-order valence-electron chi connectivity index (χ2n) is 8.17. The summed E-state index contributed by atoms with van der Waals surface area (Å²) < 4.78 is 0. The fraction of sp³-hybridized carbons (Fsp3) is 0.478. The minimum Gasteiger partial charge on any atom is -0.352 e. The molecule has 29 heavy (non-hydrogen) atoms. The van der Waals surface area contributed by atoms with Crippen molar-refractivity contribution in [2.75, 3.05) is 18.8 Å². The van der Waals surface area contributed by atoms with Crippen molar-refractivity contribution in [3.05, 3.63) is 48.0 Å². The molecule has 6 heteroatoms. The van der Waals surface area contributed by atoms with Crippen LogP contribution in [0.25, 0.3) is 10.8 Å². The first-order valence-electron chi connectivity index (χ1n) is 10.5. The summed E-state index contributed by atoms with van der Waals surface area (Å²) in [6.45, 7) is 5.54. The Morgan fingerprint density at radius 1 is 1.21 bits per heavy atom. The van der Waals surface area contributed by atoms with Gasteiger partial charge < -0.3 is 10.2 Å². The third-order valence-corrected chi connectivity index (χ3v) is 7.71. The molecule has 2 aromatic carbocycles. The van der Waals surface area contributed by atoms with Gasteiger partial charge in [-0.3, -0.25) is 14.9 Å². The number of nitrogens with one attached hydrogen (secondary N) is 2.